The SMILES string of the molecule is FC(F)(F)c1nnc(CN2CCC(COc3ccc(-c4ccccc4)nn3)C2)o1. The fourth-order valence-corrected chi connectivity index (χ4v) is 3.18. The largest absolute Gasteiger partial charge is 0.476 e. The van der Waals surface area contributed by atoms with Crippen LogP contribution in [0.15, 0.2) is 46.9 Å². The summed E-state index contributed by atoms with van der Waals surface area (Å²) in [5.74, 6) is -0.684. The topological polar surface area (TPSA) is 77.2 Å². The molecule has 1 aromatic carbocycles. The summed E-state index contributed by atoms with van der Waals surface area (Å²) in [5, 5.41) is 14.8. The van der Waals surface area contributed by atoms with Crippen molar-refractivity contribution >= 4 is 0 Å². The standard InChI is InChI=1S/C19H18F3N5O2/c20-19(21,22)18-26-25-17(29-18)11-27-9-8-13(10-27)12-28-16-7-6-15(23-24-16)14-4-2-1-3-5-14/h1-7,13H,8-12H2. The van der Waals surface area contributed by atoms with Gasteiger partial charge in [0.25, 0.3) is 0 Å². The molecule has 0 N–H and O–H groups in total. The number of hydrogen-bond acceptors (Lipinski definition) is 7. The maximum atomic E-state index is 12.5. The molecule has 0 spiro atoms. The lowest BCUT2D eigenvalue weighted by molar-refractivity contribution is -0.157. The molecule has 2 aromatic heterocycles. The van der Waals surface area contributed by atoms with Crippen molar-refractivity contribution in [1.82, 2.24) is 25.3 Å². The zero-order valence-corrected chi connectivity index (χ0v) is 15.3. The minimum absolute atomic E-state index is 0.0405. The van der Waals surface area contributed by atoms with E-state index < -0.39 is 12.1 Å². The molecule has 0 aliphatic carbocycles. The van der Waals surface area contributed by atoms with Gasteiger partial charge in [-0.3, -0.25) is 4.90 Å². The first kappa shape index (κ1) is 19.3. The molecule has 1 saturated heterocycles. The molecule has 0 bridgehead atoms. The first-order chi connectivity index (χ1) is 14.0. The van der Waals surface area contributed by atoms with Gasteiger partial charge >= 0.3 is 12.1 Å². The molecule has 0 radical (unpaired) electrons. The molecule has 0 amide bonds. The van der Waals surface area contributed by atoms with E-state index in [1.807, 2.05) is 41.3 Å². The van der Waals surface area contributed by atoms with Crippen molar-refractivity contribution in [3.63, 3.8) is 0 Å². The van der Waals surface area contributed by atoms with Crippen LogP contribution in [0, 0.1) is 5.92 Å². The zero-order chi connectivity index (χ0) is 20.3. The molecule has 4 rings (SSSR count). The number of likely N-dealkylation sites (tertiary alicyclic amines) is 1. The summed E-state index contributed by atoms with van der Waals surface area (Å²) in [4.78, 5) is 1.96. The minimum atomic E-state index is -4.62. The minimum Gasteiger partial charge on any atom is -0.476 e. The molecule has 10 heteroatoms. The number of benzene rings is 1. The van der Waals surface area contributed by atoms with Gasteiger partial charge in [-0.15, -0.1) is 20.4 Å². The lowest BCUT2D eigenvalue weighted by atomic mass is 10.1. The van der Waals surface area contributed by atoms with Crippen LogP contribution in [0.4, 0.5) is 13.2 Å². The lowest BCUT2D eigenvalue weighted by Gasteiger charge is -2.14. The van der Waals surface area contributed by atoms with Gasteiger partial charge in [0.2, 0.25) is 11.8 Å². The Balaban J connectivity index is 1.26. The fourth-order valence-electron chi connectivity index (χ4n) is 3.18. The number of aromatic nitrogens is 4. The summed E-state index contributed by atoms with van der Waals surface area (Å²) in [5.41, 5.74) is 1.75. The monoisotopic (exact) mass is 405 g/mol. The molecular weight excluding hydrogens is 387 g/mol. The second-order valence-corrected chi connectivity index (χ2v) is 6.82. The van der Waals surface area contributed by atoms with Crippen molar-refractivity contribution in [2.45, 2.75) is 19.1 Å². The molecule has 29 heavy (non-hydrogen) atoms. The number of hydrogen-bond donors (Lipinski definition) is 0. The number of ether oxygens (including phenoxy) is 1. The van der Waals surface area contributed by atoms with Crippen LogP contribution in [0.5, 0.6) is 5.88 Å². The number of nitrogens with zero attached hydrogens (tertiary/aromatic N) is 5. The van der Waals surface area contributed by atoms with Crippen molar-refractivity contribution in [2.24, 2.45) is 5.92 Å². The second-order valence-electron chi connectivity index (χ2n) is 6.82. The van der Waals surface area contributed by atoms with Crippen LogP contribution >= 0.6 is 0 Å². The van der Waals surface area contributed by atoms with Gasteiger partial charge in [0.1, 0.15) is 0 Å². The predicted octanol–water partition coefficient (Wildman–Crippen LogP) is 3.45. The average molecular weight is 405 g/mol. The van der Waals surface area contributed by atoms with Crippen LogP contribution in [-0.2, 0) is 12.7 Å². The van der Waals surface area contributed by atoms with Crippen molar-refractivity contribution in [3.8, 4) is 17.1 Å². The Morgan fingerprint density at radius 2 is 1.86 bits per heavy atom. The first-order valence-electron chi connectivity index (χ1n) is 9.11. The molecular formula is C19H18F3N5O2. The van der Waals surface area contributed by atoms with E-state index in [2.05, 4.69) is 24.8 Å². The third kappa shape index (κ3) is 4.89. The quantitative estimate of drug-likeness (QED) is 0.622. The number of alkyl halides is 3. The van der Waals surface area contributed by atoms with Gasteiger partial charge in [0.15, 0.2) is 0 Å². The van der Waals surface area contributed by atoms with Gasteiger partial charge in [-0.2, -0.15) is 13.2 Å². The number of halogens is 3. The van der Waals surface area contributed by atoms with Gasteiger partial charge < -0.3 is 9.15 Å². The zero-order valence-electron chi connectivity index (χ0n) is 15.3. The van der Waals surface area contributed by atoms with E-state index in [9.17, 15) is 13.2 Å². The Labute approximate surface area is 164 Å². The Bertz CT molecular complexity index is 931. The van der Waals surface area contributed by atoms with Gasteiger partial charge in [-0.1, -0.05) is 30.3 Å². The van der Waals surface area contributed by atoms with E-state index in [1.54, 1.807) is 6.07 Å². The predicted molar refractivity (Wildman–Crippen MR) is 95.6 cm³/mol. The smallest absolute Gasteiger partial charge is 0.470 e. The summed E-state index contributed by atoms with van der Waals surface area (Å²) in [7, 11) is 0. The maximum Gasteiger partial charge on any atom is 0.470 e. The molecule has 3 aromatic rings. The summed E-state index contributed by atoms with van der Waals surface area (Å²) >= 11 is 0. The molecule has 1 aliphatic rings. The fraction of sp³-hybridized carbons (Fsp3) is 0.368. The van der Waals surface area contributed by atoms with Crippen LogP contribution in [-0.4, -0.2) is 45.0 Å². The highest BCUT2D eigenvalue weighted by Crippen LogP contribution is 2.28. The van der Waals surface area contributed by atoms with E-state index in [-0.39, 0.29) is 18.4 Å². The Hall–Kier alpha value is -3.01. The first-order valence-corrected chi connectivity index (χ1v) is 9.11. The van der Waals surface area contributed by atoms with E-state index >= 15 is 0 Å². The van der Waals surface area contributed by atoms with Gasteiger partial charge in [-0.05, 0) is 19.0 Å². The van der Waals surface area contributed by atoms with Crippen LogP contribution in [0.3, 0.4) is 0 Å². The summed E-state index contributed by atoms with van der Waals surface area (Å²) in [6.07, 6.45) is -3.76. The summed E-state index contributed by atoms with van der Waals surface area (Å²) < 4.78 is 48.0. The normalized spacial score (nSPS) is 17.6. The number of rotatable bonds is 6. The second kappa shape index (κ2) is 8.16. The Morgan fingerprint density at radius 1 is 1.03 bits per heavy atom. The molecule has 1 unspecified atom stereocenters. The highest BCUT2D eigenvalue weighted by molar-refractivity contribution is 5.58. The molecule has 0 saturated carbocycles. The van der Waals surface area contributed by atoms with E-state index in [0.717, 1.165) is 24.2 Å². The molecule has 1 atom stereocenters. The van der Waals surface area contributed by atoms with Crippen LogP contribution < -0.4 is 4.74 Å². The molecule has 1 fully saturated rings. The summed E-state index contributed by atoms with van der Waals surface area (Å²) in [6, 6.07) is 13.4. The highest BCUT2D eigenvalue weighted by atomic mass is 19.4. The lowest BCUT2D eigenvalue weighted by Crippen LogP contribution is -2.22. The van der Waals surface area contributed by atoms with Crippen LogP contribution in [0.25, 0.3) is 11.3 Å². The highest BCUT2D eigenvalue weighted by Gasteiger charge is 2.38. The van der Waals surface area contributed by atoms with Crippen molar-refractivity contribution in [1.29, 1.82) is 0 Å². The van der Waals surface area contributed by atoms with Crippen LogP contribution in [0.2, 0.25) is 0 Å². The summed E-state index contributed by atoms with van der Waals surface area (Å²) in [6.45, 7) is 2.02. The maximum absolute atomic E-state index is 12.5. The molecule has 1 aliphatic heterocycles. The Kier molecular flexibility index (Phi) is 5.43. The van der Waals surface area contributed by atoms with Crippen molar-refractivity contribution in [2.75, 3.05) is 19.7 Å². The molecule has 3 heterocycles. The van der Waals surface area contributed by atoms with Gasteiger partial charge in [0, 0.05) is 24.1 Å². The van der Waals surface area contributed by atoms with E-state index in [0.29, 0.717) is 19.0 Å². The molecule has 7 nitrogen and oxygen atoms in total. The van der Waals surface area contributed by atoms with Gasteiger partial charge in [-0.25, -0.2) is 0 Å². The average Bonchev–Trinajstić information content (AvgIpc) is 3.37. The van der Waals surface area contributed by atoms with Gasteiger partial charge in [0.05, 0.1) is 18.8 Å². The Morgan fingerprint density at radius 3 is 2.55 bits per heavy atom. The third-order valence-electron chi connectivity index (χ3n) is 4.61. The molecule has 152 valence electrons. The van der Waals surface area contributed by atoms with E-state index in [1.165, 1.54) is 0 Å². The third-order valence-corrected chi connectivity index (χ3v) is 4.61. The van der Waals surface area contributed by atoms with Crippen molar-refractivity contribution in [3.05, 3.63) is 54.2 Å². The van der Waals surface area contributed by atoms with Crippen molar-refractivity contribution < 1.29 is 22.3 Å². The van der Waals surface area contributed by atoms with E-state index in [4.69, 9.17) is 4.74 Å². The van der Waals surface area contributed by atoms with Crippen LogP contribution in [0.1, 0.15) is 18.2 Å².